The number of carboxylic acid groups (broad SMARTS) is 1. The molecule has 0 aliphatic heterocycles. The lowest BCUT2D eigenvalue weighted by atomic mass is 10.2. The summed E-state index contributed by atoms with van der Waals surface area (Å²) < 4.78 is 10.9. The summed E-state index contributed by atoms with van der Waals surface area (Å²) >= 11 is 7.00. The van der Waals surface area contributed by atoms with E-state index in [2.05, 4.69) is 15.2 Å². The molecule has 0 saturated carbocycles. The first-order valence-electron chi connectivity index (χ1n) is 8.62. The number of thioether (sulfide) groups is 1. The number of methoxy groups -OCH3 is 1. The second-order valence-electron chi connectivity index (χ2n) is 5.70. The SMILES string of the molecule is CCOc1ccccc1/C=C(\Sc1n[nH]c(-c2cc(Cl)ccc2OC)n1)C(=O)O. The molecule has 0 spiro atoms. The van der Waals surface area contributed by atoms with Crippen molar-refractivity contribution in [1.29, 1.82) is 0 Å². The molecule has 2 aromatic carbocycles. The number of aromatic amines is 1. The van der Waals surface area contributed by atoms with Crippen molar-refractivity contribution in [3.05, 3.63) is 58.0 Å². The van der Waals surface area contributed by atoms with Crippen LogP contribution in [0.15, 0.2) is 52.5 Å². The van der Waals surface area contributed by atoms with E-state index in [-0.39, 0.29) is 10.1 Å². The van der Waals surface area contributed by atoms with Crippen LogP contribution in [0.3, 0.4) is 0 Å². The third-order valence-corrected chi connectivity index (χ3v) is 4.91. The van der Waals surface area contributed by atoms with Crippen molar-refractivity contribution in [2.45, 2.75) is 12.1 Å². The van der Waals surface area contributed by atoms with Gasteiger partial charge >= 0.3 is 5.97 Å². The smallest absolute Gasteiger partial charge is 0.342 e. The Morgan fingerprint density at radius 1 is 1.28 bits per heavy atom. The average molecular weight is 432 g/mol. The molecular formula is C20H18ClN3O4S. The van der Waals surface area contributed by atoms with Crippen LogP contribution in [-0.4, -0.2) is 40.0 Å². The summed E-state index contributed by atoms with van der Waals surface area (Å²) in [5.74, 6) is 0.509. The van der Waals surface area contributed by atoms with Gasteiger partial charge in [0.05, 0.1) is 19.3 Å². The van der Waals surface area contributed by atoms with E-state index in [9.17, 15) is 9.90 Å². The summed E-state index contributed by atoms with van der Waals surface area (Å²) in [5, 5.41) is 17.3. The van der Waals surface area contributed by atoms with Crippen LogP contribution in [-0.2, 0) is 4.79 Å². The van der Waals surface area contributed by atoms with Crippen LogP contribution in [0, 0.1) is 0 Å². The fourth-order valence-corrected chi connectivity index (χ4v) is 3.41. The van der Waals surface area contributed by atoms with E-state index in [1.807, 2.05) is 19.1 Å². The van der Waals surface area contributed by atoms with Crippen LogP contribution < -0.4 is 9.47 Å². The molecule has 1 heterocycles. The van der Waals surface area contributed by atoms with E-state index in [0.29, 0.717) is 40.1 Å². The minimum atomic E-state index is -1.09. The van der Waals surface area contributed by atoms with E-state index in [1.54, 1.807) is 37.4 Å². The monoisotopic (exact) mass is 431 g/mol. The van der Waals surface area contributed by atoms with Crippen molar-refractivity contribution < 1.29 is 19.4 Å². The highest BCUT2D eigenvalue weighted by Gasteiger charge is 2.17. The number of H-pyrrole nitrogens is 1. The summed E-state index contributed by atoms with van der Waals surface area (Å²) in [6.45, 7) is 2.35. The molecule has 150 valence electrons. The Labute approximate surface area is 176 Å². The normalized spacial score (nSPS) is 11.3. The zero-order valence-corrected chi connectivity index (χ0v) is 17.3. The minimum Gasteiger partial charge on any atom is -0.496 e. The van der Waals surface area contributed by atoms with E-state index in [0.717, 1.165) is 11.8 Å². The summed E-state index contributed by atoms with van der Waals surface area (Å²) in [6.07, 6.45) is 1.54. The maximum atomic E-state index is 11.8. The maximum Gasteiger partial charge on any atom is 0.342 e. The predicted molar refractivity (Wildman–Crippen MR) is 112 cm³/mol. The van der Waals surface area contributed by atoms with Gasteiger partial charge in [-0.1, -0.05) is 29.8 Å². The van der Waals surface area contributed by atoms with Gasteiger partial charge in [0, 0.05) is 10.6 Å². The molecule has 0 bridgehead atoms. The molecule has 0 atom stereocenters. The number of ether oxygens (including phenoxy) is 2. The lowest BCUT2D eigenvalue weighted by Crippen LogP contribution is -1.99. The first kappa shape index (κ1) is 20.8. The summed E-state index contributed by atoms with van der Waals surface area (Å²) in [6, 6.07) is 12.3. The second kappa shape index (κ2) is 9.49. The van der Waals surface area contributed by atoms with Gasteiger partial charge in [0.25, 0.3) is 0 Å². The number of nitrogens with one attached hydrogen (secondary N) is 1. The summed E-state index contributed by atoms with van der Waals surface area (Å²) in [4.78, 5) is 16.2. The first-order chi connectivity index (χ1) is 14.0. The molecule has 0 fully saturated rings. The van der Waals surface area contributed by atoms with Gasteiger partial charge in [-0.2, -0.15) is 0 Å². The van der Waals surface area contributed by atoms with E-state index >= 15 is 0 Å². The quantitative estimate of drug-likeness (QED) is 0.392. The van der Waals surface area contributed by atoms with Gasteiger partial charge in [-0.15, -0.1) is 5.10 Å². The molecular weight excluding hydrogens is 414 g/mol. The van der Waals surface area contributed by atoms with Crippen molar-refractivity contribution in [1.82, 2.24) is 15.2 Å². The molecule has 9 heteroatoms. The van der Waals surface area contributed by atoms with Gasteiger partial charge < -0.3 is 14.6 Å². The van der Waals surface area contributed by atoms with Crippen LogP contribution in [0.1, 0.15) is 12.5 Å². The molecule has 0 unspecified atom stereocenters. The standard InChI is InChI=1S/C20H18ClN3O4S/c1-3-28-15-7-5-4-6-12(15)10-17(19(25)26)29-20-22-18(23-24-20)14-11-13(21)8-9-16(14)27-2/h4-11H,3H2,1-2H3,(H,25,26)(H,22,23,24)/b17-10-. The minimum absolute atomic E-state index is 0.0563. The number of aliphatic carboxylic acids is 1. The fraction of sp³-hybridized carbons (Fsp3) is 0.150. The van der Waals surface area contributed by atoms with E-state index in [4.69, 9.17) is 21.1 Å². The summed E-state index contributed by atoms with van der Waals surface area (Å²) in [5.41, 5.74) is 1.29. The molecule has 1 aromatic heterocycles. The molecule has 0 radical (unpaired) electrons. The van der Waals surface area contributed by atoms with Gasteiger partial charge in [0.1, 0.15) is 16.4 Å². The number of rotatable bonds is 8. The van der Waals surface area contributed by atoms with Gasteiger partial charge in [0.15, 0.2) is 5.82 Å². The molecule has 7 nitrogen and oxygen atoms in total. The number of carbonyl (C=O) groups is 1. The number of aromatic nitrogens is 3. The van der Waals surface area contributed by atoms with Crippen molar-refractivity contribution in [3.63, 3.8) is 0 Å². The Morgan fingerprint density at radius 2 is 2.07 bits per heavy atom. The van der Waals surface area contributed by atoms with Gasteiger partial charge in [-0.25, -0.2) is 9.78 Å². The number of para-hydroxylation sites is 1. The van der Waals surface area contributed by atoms with Gasteiger partial charge in [-0.05, 0) is 49.0 Å². The van der Waals surface area contributed by atoms with Gasteiger partial charge in [-0.3, -0.25) is 5.10 Å². The molecule has 0 amide bonds. The predicted octanol–water partition coefficient (Wildman–Crippen LogP) is 4.75. The third-order valence-electron chi connectivity index (χ3n) is 3.80. The van der Waals surface area contributed by atoms with Crippen LogP contribution >= 0.6 is 23.4 Å². The molecule has 3 aromatic rings. The van der Waals surface area contributed by atoms with Crippen molar-refractivity contribution >= 4 is 35.4 Å². The van der Waals surface area contributed by atoms with Crippen LogP contribution in [0.2, 0.25) is 5.02 Å². The van der Waals surface area contributed by atoms with Crippen LogP contribution in [0.25, 0.3) is 17.5 Å². The fourth-order valence-electron chi connectivity index (χ4n) is 2.54. The van der Waals surface area contributed by atoms with Crippen molar-refractivity contribution in [2.75, 3.05) is 13.7 Å². The van der Waals surface area contributed by atoms with Crippen molar-refractivity contribution in [2.24, 2.45) is 0 Å². The van der Waals surface area contributed by atoms with E-state index in [1.165, 1.54) is 6.08 Å². The molecule has 3 rings (SSSR count). The van der Waals surface area contributed by atoms with E-state index < -0.39 is 5.97 Å². The Bertz CT molecular complexity index is 1050. The zero-order valence-electron chi connectivity index (χ0n) is 15.7. The molecule has 2 N–H and O–H groups in total. The van der Waals surface area contributed by atoms with Crippen molar-refractivity contribution in [3.8, 4) is 22.9 Å². The lowest BCUT2D eigenvalue weighted by Gasteiger charge is -2.07. The Balaban J connectivity index is 1.91. The molecule has 0 saturated heterocycles. The Kier molecular flexibility index (Phi) is 6.79. The topological polar surface area (TPSA) is 97.3 Å². The van der Waals surface area contributed by atoms with Gasteiger partial charge in [0.2, 0.25) is 5.16 Å². The summed E-state index contributed by atoms with van der Waals surface area (Å²) in [7, 11) is 1.54. The zero-order chi connectivity index (χ0) is 20.8. The number of hydrogen-bond donors (Lipinski definition) is 2. The Morgan fingerprint density at radius 3 is 2.79 bits per heavy atom. The first-order valence-corrected chi connectivity index (χ1v) is 9.82. The van der Waals surface area contributed by atoms with Crippen LogP contribution in [0.5, 0.6) is 11.5 Å². The highest BCUT2D eigenvalue weighted by molar-refractivity contribution is 8.04. The highest BCUT2D eigenvalue weighted by Crippen LogP contribution is 2.33. The number of halogens is 1. The number of nitrogens with zero attached hydrogens (tertiary/aromatic N) is 2. The maximum absolute atomic E-state index is 11.8. The molecule has 29 heavy (non-hydrogen) atoms. The average Bonchev–Trinajstić information content (AvgIpc) is 3.17. The molecule has 0 aliphatic carbocycles. The largest absolute Gasteiger partial charge is 0.496 e. The number of hydrogen-bond acceptors (Lipinski definition) is 6. The Hall–Kier alpha value is -2.97. The third kappa shape index (κ3) is 5.10. The second-order valence-corrected chi connectivity index (χ2v) is 7.14. The van der Waals surface area contributed by atoms with Crippen LogP contribution in [0.4, 0.5) is 0 Å². The number of carboxylic acids is 1. The highest BCUT2D eigenvalue weighted by atomic mass is 35.5. The lowest BCUT2D eigenvalue weighted by molar-refractivity contribution is -0.131. The molecule has 0 aliphatic rings. The number of benzene rings is 2.